The minimum absolute atomic E-state index is 0.0864. The van der Waals surface area contributed by atoms with Gasteiger partial charge in [-0.3, -0.25) is 0 Å². The smallest absolute Gasteiger partial charge is 0.344 e. The van der Waals surface area contributed by atoms with E-state index in [0.29, 0.717) is 17.9 Å². The normalized spacial score (nSPS) is 11.6. The van der Waals surface area contributed by atoms with Crippen molar-refractivity contribution in [2.24, 2.45) is 6.26 Å². The molecule has 8 nitrogen and oxygen atoms in total. The molecular formula is C20H18N6O2S. The van der Waals surface area contributed by atoms with Gasteiger partial charge in [0.25, 0.3) is 0 Å². The van der Waals surface area contributed by atoms with Gasteiger partial charge in [0.1, 0.15) is 11.9 Å². The number of carboxylic acid groups (broad SMARTS) is 1. The maximum absolute atomic E-state index is 11.8. The van der Waals surface area contributed by atoms with Crippen molar-refractivity contribution >= 4 is 16.4 Å². The van der Waals surface area contributed by atoms with Crippen molar-refractivity contribution in [3.63, 3.8) is 0 Å². The standard InChI is InChI=1S/C20H18N6O2S/c1-3-16-17(19(27)28)26(20(21)29(16)2)13-10-8-12(9-11-13)14-6-4-5-7-15(14)18-22-24-25-23-18/h4-11,21H,3H2,1-2H3,(H-,22,23,24,25,27,28). The molecule has 2 N–H and O–H groups in total. The molecule has 0 aliphatic carbocycles. The van der Waals surface area contributed by atoms with E-state index in [0.717, 1.165) is 21.6 Å². The quantitative estimate of drug-likeness (QED) is 0.491. The fraction of sp³-hybridized carbons (Fsp3) is 0.150. The number of hydrogen-bond acceptors (Lipinski definition) is 6. The van der Waals surface area contributed by atoms with E-state index in [4.69, 9.17) is 5.41 Å². The Balaban J connectivity index is 1.82. The predicted octanol–water partition coefficient (Wildman–Crippen LogP) is 2.02. The number of hydrogen-bond donors (Lipinski definition) is 2. The fourth-order valence-electron chi connectivity index (χ4n) is 3.46. The zero-order valence-electron chi connectivity index (χ0n) is 15.8. The SMILES string of the molecule is CCc1c(C(=O)[O-])n(-c2ccc(-c3ccccc3-c3nn[nH]n3)cc2)c(=N)[s+]1C. The van der Waals surface area contributed by atoms with E-state index in [-0.39, 0.29) is 10.5 Å². The van der Waals surface area contributed by atoms with E-state index in [1.54, 1.807) is 0 Å². The third-order valence-electron chi connectivity index (χ3n) is 4.81. The number of tetrazole rings is 1. The highest BCUT2D eigenvalue weighted by atomic mass is 32.2. The van der Waals surface area contributed by atoms with Gasteiger partial charge in [0.05, 0.1) is 11.7 Å². The van der Waals surface area contributed by atoms with Crippen molar-refractivity contribution in [3.05, 3.63) is 63.9 Å². The molecule has 0 aliphatic rings. The molecule has 1 atom stereocenters. The first-order valence-corrected chi connectivity index (χ1v) is 10.6. The second kappa shape index (κ2) is 7.44. The molecule has 2 aromatic heterocycles. The highest BCUT2D eigenvalue weighted by molar-refractivity contribution is 7.27. The molecule has 0 saturated heterocycles. The molecule has 4 aromatic rings. The van der Waals surface area contributed by atoms with Crippen LogP contribution in [0.2, 0.25) is 0 Å². The summed E-state index contributed by atoms with van der Waals surface area (Å²) < 4.78 is 1.48. The van der Waals surface area contributed by atoms with Gasteiger partial charge in [-0.2, -0.15) is 5.21 Å². The summed E-state index contributed by atoms with van der Waals surface area (Å²) in [4.78, 5) is 12.8. The summed E-state index contributed by atoms with van der Waals surface area (Å²) in [7, 11) is -0.561. The van der Waals surface area contributed by atoms with Crippen molar-refractivity contribution in [2.75, 3.05) is 0 Å². The number of aromatic amines is 1. The molecule has 0 saturated carbocycles. The lowest BCUT2D eigenvalue weighted by Crippen LogP contribution is -2.28. The number of rotatable bonds is 5. The Labute approximate surface area is 169 Å². The second-order valence-electron chi connectivity index (χ2n) is 6.39. The molecule has 0 bridgehead atoms. The van der Waals surface area contributed by atoms with Crippen molar-refractivity contribution in [2.45, 2.75) is 13.3 Å². The number of carbonyl (C=O) groups is 1. The summed E-state index contributed by atoms with van der Waals surface area (Å²) in [5, 5.41) is 34.4. The highest BCUT2D eigenvalue weighted by Crippen LogP contribution is 2.31. The van der Waals surface area contributed by atoms with Crippen LogP contribution in [0, 0.1) is 5.41 Å². The van der Waals surface area contributed by atoms with Gasteiger partial charge in [0.2, 0.25) is 5.82 Å². The summed E-state index contributed by atoms with van der Waals surface area (Å²) >= 11 is 0. The van der Waals surface area contributed by atoms with Crippen LogP contribution in [-0.4, -0.2) is 31.2 Å². The number of aromatic carboxylic acids is 1. The van der Waals surface area contributed by atoms with Gasteiger partial charge in [-0.25, -0.2) is 9.98 Å². The monoisotopic (exact) mass is 406 g/mol. The first kappa shape index (κ1) is 18.8. The third kappa shape index (κ3) is 3.15. The number of carbonyl (C=O) groups excluding carboxylic acids is 1. The molecule has 0 radical (unpaired) electrons. The molecule has 2 aromatic carbocycles. The lowest BCUT2D eigenvalue weighted by molar-refractivity contribution is -0.255. The molecule has 0 fully saturated rings. The average Bonchev–Trinajstić information content (AvgIpc) is 3.36. The van der Waals surface area contributed by atoms with Crippen LogP contribution in [0.25, 0.3) is 28.2 Å². The predicted molar refractivity (Wildman–Crippen MR) is 107 cm³/mol. The number of nitrogens with zero attached hydrogens (tertiary/aromatic N) is 4. The van der Waals surface area contributed by atoms with E-state index in [1.165, 1.54) is 4.57 Å². The Morgan fingerprint density at radius 3 is 2.45 bits per heavy atom. The van der Waals surface area contributed by atoms with Gasteiger partial charge < -0.3 is 9.90 Å². The minimum Gasteiger partial charge on any atom is -0.543 e. The van der Waals surface area contributed by atoms with Gasteiger partial charge in [-0.05, 0) is 28.5 Å². The first-order chi connectivity index (χ1) is 14.0. The third-order valence-corrected chi connectivity index (χ3v) is 6.80. The fourth-order valence-corrected chi connectivity index (χ4v) is 5.06. The van der Waals surface area contributed by atoms with Crippen LogP contribution >= 0.6 is 10.5 Å². The van der Waals surface area contributed by atoms with Crippen LogP contribution in [0.15, 0.2) is 48.5 Å². The van der Waals surface area contributed by atoms with Crippen molar-refractivity contribution in [1.82, 2.24) is 25.2 Å². The number of H-pyrrole nitrogens is 1. The molecule has 1 unspecified atom stereocenters. The van der Waals surface area contributed by atoms with Gasteiger partial charge in [0.15, 0.2) is 4.88 Å². The summed E-state index contributed by atoms with van der Waals surface area (Å²) in [6.07, 6.45) is 2.44. The Morgan fingerprint density at radius 2 is 1.86 bits per heavy atom. The molecule has 0 spiro atoms. The van der Waals surface area contributed by atoms with Crippen molar-refractivity contribution in [1.29, 1.82) is 5.41 Å². The first-order valence-electron chi connectivity index (χ1n) is 8.95. The van der Waals surface area contributed by atoms with E-state index >= 15 is 0 Å². The number of aromatic nitrogens is 5. The second-order valence-corrected chi connectivity index (χ2v) is 8.29. The summed E-state index contributed by atoms with van der Waals surface area (Å²) in [5.41, 5.74) is 3.39. The van der Waals surface area contributed by atoms with Crippen LogP contribution in [-0.2, 0) is 12.7 Å². The Kier molecular flexibility index (Phi) is 4.81. The highest BCUT2D eigenvalue weighted by Gasteiger charge is 2.25. The van der Waals surface area contributed by atoms with E-state index in [9.17, 15) is 9.90 Å². The van der Waals surface area contributed by atoms with Gasteiger partial charge in [0, 0.05) is 22.5 Å². The van der Waals surface area contributed by atoms with Crippen LogP contribution < -0.4 is 9.91 Å². The topological polar surface area (TPSA) is 123 Å². The largest absolute Gasteiger partial charge is 0.543 e. The Morgan fingerprint density at radius 1 is 1.17 bits per heavy atom. The van der Waals surface area contributed by atoms with Gasteiger partial charge in [-0.15, -0.1) is 10.2 Å². The van der Waals surface area contributed by atoms with Crippen LogP contribution in [0.1, 0.15) is 22.3 Å². The molecule has 0 amide bonds. The molecule has 2 heterocycles. The Bertz CT molecular complexity index is 1240. The Hall–Kier alpha value is -3.59. The summed E-state index contributed by atoms with van der Waals surface area (Å²) in [6, 6.07) is 15.1. The molecule has 9 heteroatoms. The van der Waals surface area contributed by atoms with Gasteiger partial charge >= 0.3 is 4.80 Å². The van der Waals surface area contributed by atoms with E-state index in [2.05, 4.69) is 20.6 Å². The number of benzene rings is 2. The van der Waals surface area contributed by atoms with Crippen molar-refractivity contribution < 1.29 is 9.90 Å². The number of thiazole rings is 1. The summed E-state index contributed by atoms with van der Waals surface area (Å²) in [6.45, 7) is 1.90. The van der Waals surface area contributed by atoms with Crippen LogP contribution in [0.3, 0.4) is 0 Å². The molecular weight excluding hydrogens is 388 g/mol. The zero-order chi connectivity index (χ0) is 20.5. The average molecular weight is 406 g/mol. The maximum Gasteiger partial charge on any atom is 0.344 e. The maximum atomic E-state index is 11.8. The number of carboxylic acids is 1. The lowest BCUT2D eigenvalue weighted by atomic mass is 9.99. The lowest BCUT2D eigenvalue weighted by Gasteiger charge is -2.10. The summed E-state index contributed by atoms with van der Waals surface area (Å²) in [5.74, 6) is -0.759. The molecule has 0 aliphatic heterocycles. The zero-order valence-corrected chi connectivity index (χ0v) is 16.7. The molecule has 29 heavy (non-hydrogen) atoms. The van der Waals surface area contributed by atoms with Crippen LogP contribution in [0.4, 0.5) is 0 Å². The molecule has 4 rings (SSSR count). The minimum atomic E-state index is -1.25. The number of nitrogens with one attached hydrogen (secondary N) is 2. The van der Waals surface area contributed by atoms with E-state index < -0.39 is 16.4 Å². The molecule has 146 valence electrons. The van der Waals surface area contributed by atoms with Crippen LogP contribution in [0.5, 0.6) is 0 Å². The van der Waals surface area contributed by atoms with Crippen molar-refractivity contribution in [3.8, 4) is 28.2 Å². The van der Waals surface area contributed by atoms with Gasteiger partial charge in [-0.1, -0.05) is 43.3 Å². The van der Waals surface area contributed by atoms with E-state index in [1.807, 2.05) is 61.7 Å².